The van der Waals surface area contributed by atoms with Gasteiger partial charge in [0.05, 0.1) is 24.3 Å². The van der Waals surface area contributed by atoms with Gasteiger partial charge in [0.15, 0.2) is 0 Å². The topological polar surface area (TPSA) is 86.9 Å². The Balaban J connectivity index is 1.67. The van der Waals surface area contributed by atoms with Crippen LogP contribution in [0.4, 0.5) is 4.79 Å². The highest BCUT2D eigenvalue weighted by atomic mass is 16.6. The summed E-state index contributed by atoms with van der Waals surface area (Å²) in [5.41, 5.74) is 3.35. The van der Waals surface area contributed by atoms with Crippen molar-refractivity contribution in [3.63, 3.8) is 0 Å². The molecule has 1 N–H and O–H groups in total. The molecule has 4 rings (SSSR count). The normalized spacial score (nSPS) is 12.3. The molecule has 0 radical (unpaired) electrons. The number of carbonyl (C=O) groups excluding carboxylic acids is 1. The van der Waals surface area contributed by atoms with Crippen molar-refractivity contribution in [3.8, 4) is 16.9 Å². The van der Waals surface area contributed by atoms with E-state index in [1.165, 1.54) is 0 Å². The first-order valence-corrected chi connectivity index (χ1v) is 11.9. The lowest BCUT2D eigenvalue weighted by molar-refractivity contribution is 0.0500. The van der Waals surface area contributed by atoms with Crippen molar-refractivity contribution in [2.24, 2.45) is 0 Å². The van der Waals surface area contributed by atoms with Gasteiger partial charge in [0.25, 0.3) is 0 Å². The third kappa shape index (κ3) is 6.15. The number of nitrogens with zero attached hydrogens (tertiary/aromatic N) is 5. The number of rotatable bonds is 8. The molecule has 0 aliphatic heterocycles. The lowest BCUT2D eigenvalue weighted by atomic mass is 10.1. The Kier molecular flexibility index (Phi) is 7.29. The zero-order chi connectivity index (χ0) is 24.8. The zero-order valence-corrected chi connectivity index (χ0v) is 20.7. The third-order valence-corrected chi connectivity index (χ3v) is 5.44. The van der Waals surface area contributed by atoms with Crippen molar-refractivity contribution in [2.45, 2.75) is 58.7 Å². The first-order chi connectivity index (χ1) is 16.8. The fourth-order valence-corrected chi connectivity index (χ4v) is 3.96. The molecular formula is C27H32N6O2. The predicted octanol–water partition coefficient (Wildman–Crippen LogP) is 5.35. The van der Waals surface area contributed by atoms with Crippen LogP contribution in [0.5, 0.6) is 0 Å². The molecule has 0 spiro atoms. The SMILES string of the molecule is CCCn1c(-c2ccc(-n3ccnc3)cc2)cnc1[C@H](Cc1ccccn1)NC(=O)OC(C)(C)C. The Morgan fingerprint density at radius 3 is 2.51 bits per heavy atom. The van der Waals surface area contributed by atoms with Gasteiger partial charge in [-0.05, 0) is 57.0 Å². The van der Waals surface area contributed by atoms with Crippen LogP contribution in [0.25, 0.3) is 16.9 Å². The summed E-state index contributed by atoms with van der Waals surface area (Å²) in [6.45, 7) is 8.45. The Labute approximate surface area is 206 Å². The van der Waals surface area contributed by atoms with Crippen LogP contribution in [0.2, 0.25) is 0 Å². The van der Waals surface area contributed by atoms with Gasteiger partial charge >= 0.3 is 6.09 Å². The van der Waals surface area contributed by atoms with Crippen LogP contribution < -0.4 is 5.32 Å². The minimum absolute atomic E-state index is 0.398. The fraction of sp³-hybridized carbons (Fsp3) is 0.333. The summed E-state index contributed by atoms with van der Waals surface area (Å²) < 4.78 is 9.69. The van der Waals surface area contributed by atoms with Gasteiger partial charge in [-0.25, -0.2) is 14.8 Å². The quantitative estimate of drug-likeness (QED) is 0.374. The minimum atomic E-state index is -0.597. The molecule has 0 fully saturated rings. The maximum absolute atomic E-state index is 12.7. The summed E-state index contributed by atoms with van der Waals surface area (Å²) in [4.78, 5) is 26.1. The number of hydrogen-bond donors (Lipinski definition) is 1. The molecule has 0 aliphatic rings. The van der Waals surface area contributed by atoms with Crippen LogP contribution in [0, 0.1) is 0 Å². The molecule has 0 unspecified atom stereocenters. The van der Waals surface area contributed by atoms with Gasteiger partial charge in [0, 0.05) is 42.9 Å². The molecule has 4 aromatic rings. The molecular weight excluding hydrogens is 440 g/mol. The van der Waals surface area contributed by atoms with Gasteiger partial charge in [0.2, 0.25) is 0 Å². The molecule has 0 aliphatic carbocycles. The maximum atomic E-state index is 12.7. The summed E-state index contributed by atoms with van der Waals surface area (Å²) in [6, 6.07) is 13.7. The standard InChI is InChI=1S/C27H32N6O2/c1-5-15-33-24(20-9-11-22(12-10-20)32-16-14-28-19-32)18-30-25(33)23(17-21-8-6-7-13-29-21)31-26(34)35-27(2,3)4/h6-14,16,18-19,23H,5,15,17H2,1-4H3,(H,31,34)/t23-/m0/s1. The number of pyridine rings is 1. The molecule has 3 aromatic heterocycles. The highest BCUT2D eigenvalue weighted by Crippen LogP contribution is 2.27. The Morgan fingerprint density at radius 1 is 1.09 bits per heavy atom. The number of hydrogen-bond acceptors (Lipinski definition) is 5. The lowest BCUT2D eigenvalue weighted by Crippen LogP contribution is -2.37. The van der Waals surface area contributed by atoms with Crippen molar-refractivity contribution >= 4 is 6.09 Å². The van der Waals surface area contributed by atoms with Crippen molar-refractivity contribution in [2.75, 3.05) is 0 Å². The van der Waals surface area contributed by atoms with E-state index >= 15 is 0 Å². The molecule has 0 bridgehead atoms. The van der Waals surface area contributed by atoms with E-state index in [1.807, 2.05) is 55.9 Å². The largest absolute Gasteiger partial charge is 0.444 e. The number of carbonyl (C=O) groups is 1. The van der Waals surface area contributed by atoms with Crippen molar-refractivity contribution in [3.05, 3.63) is 85.1 Å². The minimum Gasteiger partial charge on any atom is -0.444 e. The maximum Gasteiger partial charge on any atom is 0.408 e. The number of nitrogens with one attached hydrogen (secondary N) is 1. The Hall–Kier alpha value is -3.94. The molecule has 182 valence electrons. The molecule has 3 heterocycles. The van der Waals surface area contributed by atoms with E-state index in [-0.39, 0.29) is 0 Å². The first-order valence-electron chi connectivity index (χ1n) is 11.9. The van der Waals surface area contributed by atoms with Crippen molar-refractivity contribution < 1.29 is 9.53 Å². The van der Waals surface area contributed by atoms with E-state index in [0.29, 0.717) is 6.42 Å². The van der Waals surface area contributed by atoms with Gasteiger partial charge in [-0.3, -0.25) is 4.98 Å². The van der Waals surface area contributed by atoms with E-state index in [0.717, 1.165) is 41.4 Å². The number of aromatic nitrogens is 5. The van der Waals surface area contributed by atoms with E-state index in [2.05, 4.69) is 51.0 Å². The smallest absolute Gasteiger partial charge is 0.408 e. The van der Waals surface area contributed by atoms with E-state index in [4.69, 9.17) is 9.72 Å². The zero-order valence-electron chi connectivity index (χ0n) is 20.7. The highest BCUT2D eigenvalue weighted by Gasteiger charge is 2.26. The third-order valence-electron chi connectivity index (χ3n) is 5.44. The summed E-state index contributed by atoms with van der Waals surface area (Å²) in [6.07, 6.45) is 10.0. The lowest BCUT2D eigenvalue weighted by Gasteiger charge is -2.24. The number of alkyl carbamates (subject to hydrolysis) is 1. The monoisotopic (exact) mass is 472 g/mol. The van der Waals surface area contributed by atoms with Crippen LogP contribution in [-0.4, -0.2) is 35.8 Å². The second-order valence-electron chi connectivity index (χ2n) is 9.39. The number of ether oxygens (including phenoxy) is 1. The molecule has 8 nitrogen and oxygen atoms in total. The molecule has 1 aromatic carbocycles. The predicted molar refractivity (Wildman–Crippen MR) is 135 cm³/mol. The van der Waals surface area contributed by atoms with Gasteiger partial charge in [-0.15, -0.1) is 0 Å². The molecule has 0 saturated heterocycles. The van der Waals surface area contributed by atoms with E-state index < -0.39 is 17.7 Å². The molecule has 1 atom stereocenters. The Morgan fingerprint density at radius 2 is 1.89 bits per heavy atom. The van der Waals surface area contributed by atoms with Gasteiger partial charge in [0.1, 0.15) is 11.4 Å². The van der Waals surface area contributed by atoms with Gasteiger partial charge < -0.3 is 19.2 Å². The van der Waals surface area contributed by atoms with Crippen LogP contribution in [-0.2, 0) is 17.7 Å². The molecule has 0 saturated carbocycles. The molecule has 35 heavy (non-hydrogen) atoms. The van der Waals surface area contributed by atoms with Crippen molar-refractivity contribution in [1.29, 1.82) is 0 Å². The second-order valence-corrected chi connectivity index (χ2v) is 9.39. The van der Waals surface area contributed by atoms with E-state index in [1.54, 1.807) is 18.7 Å². The summed E-state index contributed by atoms with van der Waals surface area (Å²) in [5, 5.41) is 3.03. The average Bonchev–Trinajstić information content (AvgIpc) is 3.49. The van der Waals surface area contributed by atoms with Crippen LogP contribution in [0.3, 0.4) is 0 Å². The van der Waals surface area contributed by atoms with Crippen molar-refractivity contribution in [1.82, 2.24) is 29.4 Å². The van der Waals surface area contributed by atoms with Crippen LogP contribution in [0.1, 0.15) is 51.7 Å². The summed E-state index contributed by atoms with van der Waals surface area (Å²) >= 11 is 0. The summed E-state index contributed by atoms with van der Waals surface area (Å²) in [5.74, 6) is 0.775. The molecule has 1 amide bonds. The van der Waals surface area contributed by atoms with Crippen LogP contribution in [0.15, 0.2) is 73.6 Å². The van der Waals surface area contributed by atoms with Gasteiger partial charge in [-0.1, -0.05) is 25.1 Å². The van der Waals surface area contributed by atoms with E-state index in [9.17, 15) is 4.79 Å². The second kappa shape index (κ2) is 10.5. The first kappa shape index (κ1) is 24.2. The van der Waals surface area contributed by atoms with Crippen LogP contribution >= 0.6 is 0 Å². The average molecular weight is 473 g/mol. The molecule has 8 heteroatoms. The number of imidazole rings is 2. The number of benzene rings is 1. The Bertz CT molecular complexity index is 1230. The fourth-order valence-electron chi connectivity index (χ4n) is 3.96. The summed E-state index contributed by atoms with van der Waals surface area (Å²) in [7, 11) is 0. The highest BCUT2D eigenvalue weighted by molar-refractivity contribution is 5.68. The number of amides is 1. The van der Waals surface area contributed by atoms with Gasteiger partial charge in [-0.2, -0.15) is 0 Å².